The second kappa shape index (κ2) is 17.9. The van der Waals surface area contributed by atoms with Gasteiger partial charge in [-0.05, 0) is 71.3 Å². The van der Waals surface area contributed by atoms with Crippen LogP contribution in [0.15, 0.2) is 60.7 Å². The van der Waals surface area contributed by atoms with E-state index in [9.17, 15) is 19.2 Å². The number of methoxy groups -OCH3 is 2. The maximum absolute atomic E-state index is 14.5. The molecule has 0 saturated carbocycles. The van der Waals surface area contributed by atoms with E-state index in [0.717, 1.165) is 16.7 Å². The number of hydrogen-bond acceptors (Lipinski definition) is 6. The molecule has 262 valence electrons. The molecular formula is C37H44Cl2N4O6. The zero-order valence-electron chi connectivity index (χ0n) is 28.3. The van der Waals surface area contributed by atoms with Crippen LogP contribution < -0.4 is 25.4 Å². The quantitative estimate of drug-likeness (QED) is 0.290. The highest BCUT2D eigenvalue weighted by Crippen LogP contribution is 2.26. The summed E-state index contributed by atoms with van der Waals surface area (Å²) in [7, 11) is 3.12. The smallest absolute Gasteiger partial charge is 0.245 e. The van der Waals surface area contributed by atoms with Gasteiger partial charge in [-0.2, -0.15) is 0 Å². The number of hydrogen-bond donors (Lipinski definition) is 3. The Hall–Kier alpha value is -4.28. The van der Waals surface area contributed by atoms with E-state index in [0.29, 0.717) is 39.9 Å². The zero-order chi connectivity index (χ0) is 35.5. The lowest BCUT2D eigenvalue weighted by molar-refractivity contribution is -0.139. The van der Waals surface area contributed by atoms with E-state index in [4.69, 9.17) is 32.7 Å². The van der Waals surface area contributed by atoms with Crippen LogP contribution in [0, 0.1) is 5.92 Å². The Labute approximate surface area is 297 Å². The molecule has 0 fully saturated rings. The molecule has 0 aliphatic carbocycles. The highest BCUT2D eigenvalue weighted by Gasteiger charge is 2.29. The van der Waals surface area contributed by atoms with Crippen molar-refractivity contribution in [2.24, 2.45) is 5.92 Å². The van der Waals surface area contributed by atoms with E-state index in [1.54, 1.807) is 44.6 Å². The lowest BCUT2D eigenvalue weighted by atomic mass is 10.0. The number of nitrogens with one attached hydrogen (secondary N) is 3. The molecule has 2 atom stereocenters. The van der Waals surface area contributed by atoms with Crippen molar-refractivity contribution in [1.29, 1.82) is 0 Å². The number of rotatable bonds is 9. The normalized spacial score (nSPS) is 18.0. The molecule has 3 aromatic rings. The monoisotopic (exact) mass is 710 g/mol. The van der Waals surface area contributed by atoms with Gasteiger partial charge in [-0.15, -0.1) is 0 Å². The molecule has 3 aromatic carbocycles. The number of benzene rings is 3. The molecule has 12 heteroatoms. The Morgan fingerprint density at radius 2 is 1.63 bits per heavy atom. The van der Waals surface area contributed by atoms with E-state index in [1.165, 1.54) is 4.90 Å². The molecule has 1 aliphatic heterocycles. The van der Waals surface area contributed by atoms with E-state index < -0.39 is 23.9 Å². The van der Waals surface area contributed by atoms with Crippen molar-refractivity contribution in [1.82, 2.24) is 20.9 Å². The van der Waals surface area contributed by atoms with Crippen LogP contribution in [-0.2, 0) is 45.0 Å². The first-order valence-corrected chi connectivity index (χ1v) is 17.1. The summed E-state index contributed by atoms with van der Waals surface area (Å²) < 4.78 is 11.0. The highest BCUT2D eigenvalue weighted by atomic mass is 35.5. The third-order valence-electron chi connectivity index (χ3n) is 8.24. The minimum atomic E-state index is -1.03. The summed E-state index contributed by atoms with van der Waals surface area (Å²) in [4.78, 5) is 56.1. The summed E-state index contributed by atoms with van der Waals surface area (Å²) in [6, 6.07) is 16.3. The van der Waals surface area contributed by atoms with Gasteiger partial charge in [0.2, 0.25) is 23.6 Å². The Kier molecular flexibility index (Phi) is 13.7. The molecule has 4 rings (SSSR count). The van der Waals surface area contributed by atoms with Gasteiger partial charge in [-0.1, -0.05) is 67.4 Å². The Morgan fingerprint density at radius 1 is 0.857 bits per heavy atom. The number of halogens is 2. The summed E-state index contributed by atoms with van der Waals surface area (Å²) in [5.74, 6) is -0.0278. The standard InChI is InChI=1S/C37H44Cl2N4O6/c1-23(2)14-28-20-34(44)40-21-26-7-5-6-24(15-26)18-35(45)42-32(17-25-8-10-30(38)31(39)16-25)37(47)43(22-36(46)41-28)13-12-27-19-29(48-3)9-11-33(27)49-4/h5-11,15-16,19,23,28,32H,12-14,17-18,20-22H2,1-4H3,(H,40,44)(H,41,46)(H,42,45)/t28-,32-/m0/s1. The summed E-state index contributed by atoms with van der Waals surface area (Å²) in [5.41, 5.74) is 3.01. The Balaban J connectivity index is 1.72. The fraction of sp³-hybridized carbons (Fsp3) is 0.405. The summed E-state index contributed by atoms with van der Waals surface area (Å²) in [6.07, 6.45) is 1.09. The van der Waals surface area contributed by atoms with E-state index >= 15 is 0 Å². The van der Waals surface area contributed by atoms with Gasteiger partial charge in [0, 0.05) is 32.0 Å². The molecule has 0 unspecified atom stereocenters. The van der Waals surface area contributed by atoms with Crippen LogP contribution in [0.2, 0.25) is 10.0 Å². The molecule has 49 heavy (non-hydrogen) atoms. The van der Waals surface area contributed by atoms with Crippen LogP contribution in [-0.4, -0.2) is 67.9 Å². The van der Waals surface area contributed by atoms with Gasteiger partial charge in [0.15, 0.2) is 0 Å². The first-order chi connectivity index (χ1) is 23.4. The van der Waals surface area contributed by atoms with Crippen LogP contribution in [0.3, 0.4) is 0 Å². The summed E-state index contributed by atoms with van der Waals surface area (Å²) >= 11 is 12.5. The van der Waals surface area contributed by atoms with Gasteiger partial charge in [0.1, 0.15) is 17.5 Å². The molecule has 0 saturated heterocycles. The predicted octanol–water partition coefficient (Wildman–Crippen LogP) is 4.90. The lowest BCUT2D eigenvalue weighted by Crippen LogP contribution is -2.53. The second-order valence-corrected chi connectivity index (χ2v) is 13.4. The van der Waals surface area contributed by atoms with Crippen molar-refractivity contribution in [3.05, 3.63) is 93.0 Å². The van der Waals surface area contributed by atoms with Crippen molar-refractivity contribution in [2.75, 3.05) is 27.3 Å². The molecule has 0 aromatic heterocycles. The molecular weight excluding hydrogens is 667 g/mol. The molecule has 0 radical (unpaired) electrons. The lowest BCUT2D eigenvalue weighted by Gasteiger charge is -2.29. The van der Waals surface area contributed by atoms with E-state index in [1.807, 2.05) is 44.2 Å². The maximum Gasteiger partial charge on any atom is 0.245 e. The van der Waals surface area contributed by atoms with Crippen molar-refractivity contribution in [3.63, 3.8) is 0 Å². The fourth-order valence-electron chi connectivity index (χ4n) is 5.91. The highest BCUT2D eigenvalue weighted by molar-refractivity contribution is 6.42. The van der Waals surface area contributed by atoms with Crippen molar-refractivity contribution in [2.45, 2.75) is 64.6 Å². The largest absolute Gasteiger partial charge is 0.497 e. The average molecular weight is 712 g/mol. The average Bonchev–Trinajstić information content (AvgIpc) is 3.06. The van der Waals surface area contributed by atoms with E-state index in [2.05, 4.69) is 16.0 Å². The van der Waals surface area contributed by atoms with Gasteiger partial charge in [0.05, 0.1) is 37.2 Å². The number of ether oxygens (including phenoxy) is 2. The molecule has 1 aliphatic rings. The van der Waals surface area contributed by atoms with Crippen molar-refractivity contribution in [3.8, 4) is 11.5 Å². The van der Waals surface area contributed by atoms with Gasteiger partial charge in [0.25, 0.3) is 0 Å². The molecule has 0 spiro atoms. The Morgan fingerprint density at radius 3 is 2.35 bits per heavy atom. The molecule has 4 amide bonds. The van der Waals surface area contributed by atoms with Crippen LogP contribution in [0.4, 0.5) is 0 Å². The minimum absolute atomic E-state index is 0.00486. The van der Waals surface area contributed by atoms with Gasteiger partial charge < -0.3 is 30.3 Å². The van der Waals surface area contributed by atoms with Gasteiger partial charge >= 0.3 is 0 Å². The molecule has 3 N–H and O–H groups in total. The third kappa shape index (κ3) is 11.4. The number of amides is 4. The topological polar surface area (TPSA) is 126 Å². The first-order valence-electron chi connectivity index (χ1n) is 16.3. The SMILES string of the molecule is COc1ccc(OC)c(CCN2CC(=O)N[C@@H](CC(C)C)CC(=O)NCc3cccc(c3)CC(=O)N[C@@H](Cc3ccc(Cl)c(Cl)c3)C2=O)c1. The summed E-state index contributed by atoms with van der Waals surface area (Å²) in [5, 5.41) is 9.54. The van der Waals surface area contributed by atoms with Crippen LogP contribution in [0.5, 0.6) is 11.5 Å². The number of carbonyl (C=O) groups excluding carboxylic acids is 4. The van der Waals surface area contributed by atoms with Gasteiger partial charge in [-0.25, -0.2) is 0 Å². The summed E-state index contributed by atoms with van der Waals surface area (Å²) in [6.45, 7) is 4.14. The number of nitrogens with zero attached hydrogens (tertiary/aromatic N) is 1. The van der Waals surface area contributed by atoms with Crippen molar-refractivity contribution >= 4 is 46.8 Å². The van der Waals surface area contributed by atoms with Crippen LogP contribution in [0.1, 0.15) is 48.9 Å². The van der Waals surface area contributed by atoms with Crippen molar-refractivity contribution < 1.29 is 28.7 Å². The molecule has 2 bridgehead atoms. The fourth-order valence-corrected chi connectivity index (χ4v) is 6.23. The third-order valence-corrected chi connectivity index (χ3v) is 8.98. The maximum atomic E-state index is 14.5. The zero-order valence-corrected chi connectivity index (χ0v) is 29.8. The minimum Gasteiger partial charge on any atom is -0.497 e. The van der Waals surface area contributed by atoms with E-state index in [-0.39, 0.29) is 56.6 Å². The van der Waals surface area contributed by atoms with Crippen LogP contribution >= 0.6 is 23.2 Å². The molecule has 10 nitrogen and oxygen atoms in total. The molecule has 1 heterocycles. The van der Waals surface area contributed by atoms with Gasteiger partial charge in [-0.3, -0.25) is 19.2 Å². The second-order valence-electron chi connectivity index (χ2n) is 12.6. The van der Waals surface area contributed by atoms with Crippen LogP contribution in [0.25, 0.3) is 0 Å². The Bertz CT molecular complexity index is 1650. The first kappa shape index (κ1) is 37.5. The predicted molar refractivity (Wildman–Crippen MR) is 190 cm³/mol. The number of fused-ring (bicyclic) bond motifs is 2. The number of carbonyl (C=O) groups is 4.